The number of amides is 3. The monoisotopic (exact) mass is 547 g/mol. The largest absolute Gasteiger partial charge is 0.467 e. The third kappa shape index (κ3) is 5.64. The van der Waals surface area contributed by atoms with Crippen LogP contribution in [0.4, 0.5) is 15.8 Å². The zero-order valence-electron chi connectivity index (χ0n) is 19.6. The molecule has 0 saturated heterocycles. The summed E-state index contributed by atoms with van der Waals surface area (Å²) in [4.78, 5) is 41.0. The topological polar surface area (TPSA) is 91.7 Å². The van der Waals surface area contributed by atoms with E-state index < -0.39 is 17.6 Å². The smallest absolute Gasteiger partial charge is 0.278 e. The van der Waals surface area contributed by atoms with Gasteiger partial charge in [-0.1, -0.05) is 23.4 Å². The predicted octanol–water partition coefficient (Wildman–Crippen LogP) is 6.31. The van der Waals surface area contributed by atoms with Crippen molar-refractivity contribution in [1.29, 1.82) is 0 Å². The molecule has 38 heavy (non-hydrogen) atoms. The number of thioether (sulfide) groups is 1. The van der Waals surface area contributed by atoms with Crippen LogP contribution in [-0.4, -0.2) is 22.6 Å². The second-order valence-corrected chi connectivity index (χ2v) is 9.72. The molecule has 1 aromatic heterocycles. The number of benzene rings is 3. The van der Waals surface area contributed by atoms with E-state index in [4.69, 9.17) is 16.0 Å². The fraction of sp³-hybridized carbons (Fsp3) is 0.0357. The number of carbonyl (C=O) groups excluding carboxylic acids is 3. The molecule has 0 radical (unpaired) electrons. The molecule has 1 aliphatic heterocycles. The van der Waals surface area contributed by atoms with E-state index in [0.29, 0.717) is 32.6 Å². The molecule has 5 rings (SSSR count). The molecule has 0 unspecified atom stereocenters. The Kier molecular flexibility index (Phi) is 7.30. The zero-order valence-corrected chi connectivity index (χ0v) is 21.2. The molecule has 7 nitrogen and oxygen atoms in total. The van der Waals surface area contributed by atoms with Crippen molar-refractivity contribution in [2.75, 3.05) is 10.6 Å². The Morgan fingerprint density at radius 3 is 2.24 bits per heavy atom. The number of hydrogen-bond donors (Lipinski definition) is 2. The number of rotatable bonds is 8. The first-order valence-corrected chi connectivity index (χ1v) is 12.6. The van der Waals surface area contributed by atoms with Crippen molar-refractivity contribution >= 4 is 52.5 Å². The Morgan fingerprint density at radius 1 is 0.895 bits per heavy atom. The SMILES string of the molecule is O=C(Nc1ccc(SC2=C(Nc3ccc(F)cc3)C(=O)N(Cc3ccco3)C2=O)cc1)c1ccc(Cl)cc1. The van der Waals surface area contributed by atoms with Crippen molar-refractivity contribution in [3.8, 4) is 0 Å². The minimum Gasteiger partial charge on any atom is -0.467 e. The third-order valence-electron chi connectivity index (χ3n) is 5.57. The van der Waals surface area contributed by atoms with Gasteiger partial charge in [-0.05, 0) is 84.9 Å². The summed E-state index contributed by atoms with van der Waals surface area (Å²) in [7, 11) is 0. The number of halogens is 2. The minimum atomic E-state index is -0.523. The van der Waals surface area contributed by atoms with Gasteiger partial charge in [-0.15, -0.1) is 0 Å². The highest BCUT2D eigenvalue weighted by Crippen LogP contribution is 2.37. The van der Waals surface area contributed by atoms with Crippen LogP contribution >= 0.6 is 23.4 Å². The summed E-state index contributed by atoms with van der Waals surface area (Å²) < 4.78 is 18.7. The van der Waals surface area contributed by atoms with Crippen LogP contribution in [0.1, 0.15) is 16.1 Å². The number of imide groups is 1. The van der Waals surface area contributed by atoms with E-state index in [1.54, 1.807) is 60.7 Å². The summed E-state index contributed by atoms with van der Waals surface area (Å²) in [6.45, 7) is -0.0288. The molecule has 10 heteroatoms. The number of furan rings is 1. The minimum absolute atomic E-state index is 0.0288. The Hall–Kier alpha value is -4.34. The molecule has 0 fully saturated rings. The van der Waals surface area contributed by atoms with E-state index >= 15 is 0 Å². The Bertz CT molecular complexity index is 1520. The number of carbonyl (C=O) groups is 3. The molecule has 2 heterocycles. The number of nitrogens with zero attached hydrogens (tertiary/aromatic N) is 1. The average molecular weight is 548 g/mol. The molecule has 0 saturated carbocycles. The van der Waals surface area contributed by atoms with Crippen molar-refractivity contribution in [1.82, 2.24) is 4.90 Å². The maximum atomic E-state index is 13.4. The average Bonchev–Trinajstić information content (AvgIpc) is 3.51. The van der Waals surface area contributed by atoms with Crippen molar-refractivity contribution in [2.45, 2.75) is 11.4 Å². The van der Waals surface area contributed by atoms with E-state index in [-0.39, 0.29) is 23.1 Å². The van der Waals surface area contributed by atoms with Crippen LogP contribution in [0.2, 0.25) is 5.02 Å². The molecule has 3 amide bonds. The van der Waals surface area contributed by atoms with Gasteiger partial charge in [0, 0.05) is 26.9 Å². The molecule has 0 aliphatic carbocycles. The summed E-state index contributed by atoms with van der Waals surface area (Å²) in [6, 6.07) is 22.2. The van der Waals surface area contributed by atoms with Gasteiger partial charge in [0.2, 0.25) is 0 Å². The van der Waals surface area contributed by atoms with E-state index in [1.807, 2.05) is 0 Å². The van der Waals surface area contributed by atoms with Gasteiger partial charge < -0.3 is 15.1 Å². The predicted molar refractivity (Wildman–Crippen MR) is 143 cm³/mol. The summed E-state index contributed by atoms with van der Waals surface area (Å²) >= 11 is 6.99. The van der Waals surface area contributed by atoms with Crippen LogP contribution in [0.3, 0.4) is 0 Å². The summed E-state index contributed by atoms with van der Waals surface area (Å²) in [5.74, 6) is -1.26. The molecular weight excluding hydrogens is 529 g/mol. The first-order chi connectivity index (χ1) is 18.4. The Labute approximate surface area is 226 Å². The van der Waals surface area contributed by atoms with Crippen LogP contribution in [0.25, 0.3) is 0 Å². The second-order valence-electron chi connectivity index (χ2n) is 8.20. The molecule has 190 valence electrons. The Morgan fingerprint density at radius 2 is 1.58 bits per heavy atom. The molecule has 2 N–H and O–H groups in total. The van der Waals surface area contributed by atoms with Gasteiger partial charge in [-0.2, -0.15) is 0 Å². The van der Waals surface area contributed by atoms with E-state index in [0.717, 1.165) is 16.7 Å². The van der Waals surface area contributed by atoms with Crippen LogP contribution in [0, 0.1) is 5.82 Å². The fourth-order valence-electron chi connectivity index (χ4n) is 3.67. The van der Waals surface area contributed by atoms with Gasteiger partial charge in [0.25, 0.3) is 17.7 Å². The van der Waals surface area contributed by atoms with Gasteiger partial charge in [0.15, 0.2) is 0 Å². The molecule has 0 atom stereocenters. The highest BCUT2D eigenvalue weighted by atomic mass is 35.5. The first kappa shape index (κ1) is 25.3. The first-order valence-electron chi connectivity index (χ1n) is 11.4. The van der Waals surface area contributed by atoms with Crippen molar-refractivity contribution in [2.24, 2.45) is 0 Å². The van der Waals surface area contributed by atoms with Gasteiger partial charge in [-0.3, -0.25) is 19.3 Å². The van der Waals surface area contributed by atoms with Crippen LogP contribution in [0.5, 0.6) is 0 Å². The van der Waals surface area contributed by atoms with E-state index in [2.05, 4.69) is 10.6 Å². The molecular formula is C28H19ClFN3O4S. The standard InChI is InChI=1S/C28H19ClFN3O4S/c29-18-5-3-17(4-6-18)26(34)32-21-11-13-23(14-12-21)38-25-24(31-20-9-7-19(30)8-10-20)27(35)33(28(25)36)16-22-2-1-15-37-22/h1-15,31H,16H2,(H,32,34). The number of nitrogens with one attached hydrogen (secondary N) is 2. The zero-order chi connectivity index (χ0) is 26.6. The fourth-order valence-corrected chi connectivity index (χ4v) is 4.74. The molecule has 4 aromatic rings. The lowest BCUT2D eigenvalue weighted by Crippen LogP contribution is -2.31. The second kappa shape index (κ2) is 11.0. The summed E-state index contributed by atoms with van der Waals surface area (Å²) in [6.07, 6.45) is 1.47. The molecule has 1 aliphatic rings. The molecule has 0 spiro atoms. The summed E-state index contributed by atoms with van der Waals surface area (Å²) in [5.41, 5.74) is 1.56. The van der Waals surface area contributed by atoms with Gasteiger partial charge in [-0.25, -0.2) is 4.39 Å². The van der Waals surface area contributed by atoms with Crippen LogP contribution < -0.4 is 10.6 Å². The third-order valence-corrected chi connectivity index (χ3v) is 6.91. The quantitative estimate of drug-likeness (QED) is 0.251. The van der Waals surface area contributed by atoms with Crippen molar-refractivity contribution in [3.05, 3.63) is 124 Å². The maximum Gasteiger partial charge on any atom is 0.278 e. The van der Waals surface area contributed by atoms with Crippen molar-refractivity contribution < 1.29 is 23.2 Å². The van der Waals surface area contributed by atoms with Crippen LogP contribution in [0.15, 0.2) is 111 Å². The van der Waals surface area contributed by atoms with Gasteiger partial charge in [0.05, 0.1) is 12.8 Å². The lowest BCUT2D eigenvalue weighted by atomic mass is 10.2. The molecule has 0 bridgehead atoms. The highest BCUT2D eigenvalue weighted by Gasteiger charge is 2.39. The number of anilines is 2. The van der Waals surface area contributed by atoms with Gasteiger partial charge >= 0.3 is 0 Å². The Balaban J connectivity index is 1.36. The van der Waals surface area contributed by atoms with E-state index in [9.17, 15) is 18.8 Å². The lowest BCUT2D eigenvalue weighted by Gasteiger charge is -2.13. The van der Waals surface area contributed by atoms with Crippen LogP contribution in [-0.2, 0) is 16.1 Å². The molecule has 3 aromatic carbocycles. The number of hydrogen-bond acceptors (Lipinski definition) is 6. The van der Waals surface area contributed by atoms with E-state index in [1.165, 1.54) is 30.5 Å². The maximum absolute atomic E-state index is 13.4. The normalized spacial score (nSPS) is 13.3. The van der Waals surface area contributed by atoms with Gasteiger partial charge in [0.1, 0.15) is 22.2 Å². The lowest BCUT2D eigenvalue weighted by molar-refractivity contribution is -0.138. The highest BCUT2D eigenvalue weighted by molar-refractivity contribution is 8.04. The summed E-state index contributed by atoms with van der Waals surface area (Å²) in [5, 5.41) is 6.31. The van der Waals surface area contributed by atoms with Crippen molar-refractivity contribution in [3.63, 3.8) is 0 Å².